The van der Waals surface area contributed by atoms with E-state index in [4.69, 9.17) is 28.6 Å². The molecule has 0 spiro atoms. The van der Waals surface area contributed by atoms with Crippen LogP contribution in [0.25, 0.3) is 10.9 Å². The second-order valence-corrected chi connectivity index (χ2v) is 7.63. The maximum atomic E-state index is 14.3. The molecule has 6 nitrogen and oxygen atoms in total. The van der Waals surface area contributed by atoms with Crippen LogP contribution in [0.4, 0.5) is 15.8 Å². The van der Waals surface area contributed by atoms with Crippen LogP contribution in [-0.4, -0.2) is 21.9 Å². The van der Waals surface area contributed by atoms with Gasteiger partial charge in [0, 0.05) is 21.7 Å². The molecular weight excluding hydrogens is 451 g/mol. The molecule has 0 amide bonds. The Labute approximate surface area is 193 Å². The van der Waals surface area contributed by atoms with Crippen molar-refractivity contribution in [3.8, 4) is 11.6 Å². The van der Waals surface area contributed by atoms with Crippen LogP contribution in [0.5, 0.6) is 11.6 Å². The molecule has 0 atom stereocenters. The Kier molecular flexibility index (Phi) is 6.34. The number of fused-ring (bicyclic) bond motifs is 1. The zero-order valence-corrected chi connectivity index (χ0v) is 18.5. The third kappa shape index (κ3) is 4.42. The van der Waals surface area contributed by atoms with Crippen LogP contribution in [-0.2, 0) is 6.54 Å². The summed E-state index contributed by atoms with van der Waals surface area (Å²) in [5, 5.41) is 23.1. The molecule has 32 heavy (non-hydrogen) atoms. The first kappa shape index (κ1) is 21.7. The van der Waals surface area contributed by atoms with Crippen LogP contribution in [0.15, 0.2) is 77.0 Å². The lowest BCUT2D eigenvalue weighted by atomic mass is 10.2. The number of halogens is 2. The van der Waals surface area contributed by atoms with Crippen molar-refractivity contribution in [2.75, 3.05) is 12.4 Å². The summed E-state index contributed by atoms with van der Waals surface area (Å²) in [6, 6.07) is 18.9. The molecule has 2 N–H and O–H groups in total. The Morgan fingerprint density at radius 1 is 1.12 bits per heavy atom. The van der Waals surface area contributed by atoms with Gasteiger partial charge in [-0.05, 0) is 54.7 Å². The van der Waals surface area contributed by atoms with E-state index in [1.807, 2.05) is 12.1 Å². The second-order valence-electron chi connectivity index (χ2n) is 6.83. The van der Waals surface area contributed by atoms with Gasteiger partial charge in [0.2, 0.25) is 11.0 Å². The summed E-state index contributed by atoms with van der Waals surface area (Å²) >= 11 is 11.4. The van der Waals surface area contributed by atoms with Crippen LogP contribution in [0.3, 0.4) is 0 Å². The van der Waals surface area contributed by atoms with Crippen LogP contribution in [0, 0.1) is 5.82 Å². The highest BCUT2D eigenvalue weighted by Crippen LogP contribution is 2.40. The summed E-state index contributed by atoms with van der Waals surface area (Å²) in [6.07, 6.45) is 0. The molecule has 162 valence electrons. The first-order valence-corrected chi connectivity index (χ1v) is 10.4. The number of benzene rings is 3. The zero-order chi connectivity index (χ0) is 22.7. The quantitative estimate of drug-likeness (QED) is 0.253. The minimum atomic E-state index is -0.456. The van der Waals surface area contributed by atoms with E-state index in [1.54, 1.807) is 49.6 Å². The molecule has 0 bridgehead atoms. The molecule has 1 heterocycles. The van der Waals surface area contributed by atoms with Crippen molar-refractivity contribution in [2.24, 2.45) is 10.2 Å². The predicted octanol–water partition coefficient (Wildman–Crippen LogP) is 6.68. The summed E-state index contributed by atoms with van der Waals surface area (Å²) in [7, 11) is 1.59. The topological polar surface area (TPSA) is 71.1 Å². The smallest absolute Gasteiger partial charge is 0.221 e. The zero-order valence-electron chi connectivity index (χ0n) is 16.9. The van der Waals surface area contributed by atoms with Crippen molar-refractivity contribution < 1.29 is 14.2 Å². The van der Waals surface area contributed by atoms with Crippen LogP contribution in [0.2, 0.25) is 5.02 Å². The van der Waals surface area contributed by atoms with Crippen molar-refractivity contribution in [2.45, 2.75) is 6.54 Å². The van der Waals surface area contributed by atoms with E-state index in [-0.39, 0.29) is 33.8 Å². The fourth-order valence-electron chi connectivity index (χ4n) is 3.29. The monoisotopic (exact) mass is 468 g/mol. The first-order chi connectivity index (χ1) is 15.5. The summed E-state index contributed by atoms with van der Waals surface area (Å²) in [4.78, 5) is 0. The molecule has 4 aromatic rings. The third-order valence-electron chi connectivity index (χ3n) is 4.88. The van der Waals surface area contributed by atoms with Gasteiger partial charge in [0.05, 0.1) is 19.2 Å². The number of nitrogens with one attached hydrogen (secondary N) is 1. The number of nitrogens with zero attached hydrogens (tertiary/aromatic N) is 3. The lowest BCUT2D eigenvalue weighted by Crippen LogP contribution is -2.04. The van der Waals surface area contributed by atoms with Gasteiger partial charge in [0.25, 0.3) is 0 Å². The lowest BCUT2D eigenvalue weighted by Gasteiger charge is -2.09. The Morgan fingerprint density at radius 2 is 1.88 bits per heavy atom. The van der Waals surface area contributed by atoms with Gasteiger partial charge in [-0.2, -0.15) is 0 Å². The minimum absolute atomic E-state index is 0.0297. The van der Waals surface area contributed by atoms with Gasteiger partial charge < -0.3 is 19.7 Å². The van der Waals surface area contributed by atoms with E-state index in [1.165, 1.54) is 16.7 Å². The van der Waals surface area contributed by atoms with E-state index in [0.29, 0.717) is 10.9 Å². The van der Waals surface area contributed by atoms with Crippen molar-refractivity contribution in [3.63, 3.8) is 0 Å². The Morgan fingerprint density at radius 3 is 2.59 bits per heavy atom. The number of anilines is 1. The van der Waals surface area contributed by atoms with Gasteiger partial charge >= 0.3 is 0 Å². The summed E-state index contributed by atoms with van der Waals surface area (Å²) in [6.45, 7) is 0.0297. The Bertz CT molecular complexity index is 1300. The summed E-state index contributed by atoms with van der Waals surface area (Å²) < 4.78 is 21.0. The highest BCUT2D eigenvalue weighted by atomic mass is 35.5. The highest BCUT2D eigenvalue weighted by Gasteiger charge is 2.19. The normalized spacial score (nSPS) is 11.2. The number of para-hydroxylation sites is 1. The SMILES string of the molecule is COc1ccc(NC(=S)N=Nc2c(O)n(Cc3c(F)cccc3Cl)c3ccccc23)cc1. The standard InChI is InChI=1S/C23H18ClFN4O2S/c1-31-15-11-9-14(10-12-15)26-23(32)28-27-21-16-5-2-3-8-20(16)29(22(21)30)13-17-18(24)6-4-7-19(17)25/h2-12,30H,13H2,1H3,(H,26,32). The maximum absolute atomic E-state index is 14.3. The average Bonchev–Trinajstić information content (AvgIpc) is 3.06. The molecule has 0 aliphatic carbocycles. The van der Waals surface area contributed by atoms with E-state index < -0.39 is 5.82 Å². The van der Waals surface area contributed by atoms with Crippen molar-refractivity contribution >= 4 is 51.2 Å². The molecule has 0 saturated carbocycles. The fourth-order valence-corrected chi connectivity index (χ4v) is 3.67. The molecule has 0 unspecified atom stereocenters. The number of azo groups is 1. The van der Waals surface area contributed by atoms with Crippen molar-refractivity contribution in [1.29, 1.82) is 0 Å². The van der Waals surface area contributed by atoms with Crippen LogP contribution in [0.1, 0.15) is 5.56 Å². The van der Waals surface area contributed by atoms with E-state index in [2.05, 4.69) is 15.5 Å². The highest BCUT2D eigenvalue weighted by molar-refractivity contribution is 7.80. The molecule has 0 radical (unpaired) electrons. The van der Waals surface area contributed by atoms with Gasteiger partial charge in [-0.15, -0.1) is 10.2 Å². The number of ether oxygens (including phenoxy) is 1. The largest absolute Gasteiger partial charge is 0.497 e. The van der Waals surface area contributed by atoms with E-state index in [0.717, 1.165) is 11.4 Å². The lowest BCUT2D eigenvalue weighted by molar-refractivity contribution is 0.415. The van der Waals surface area contributed by atoms with E-state index >= 15 is 0 Å². The molecule has 9 heteroatoms. The Hall–Kier alpha value is -3.49. The fraction of sp³-hybridized carbons (Fsp3) is 0.0870. The van der Waals surface area contributed by atoms with Crippen LogP contribution >= 0.6 is 23.8 Å². The van der Waals surface area contributed by atoms with Gasteiger partial charge in [-0.1, -0.05) is 35.9 Å². The number of hydrogen-bond acceptors (Lipinski definition) is 4. The molecule has 4 rings (SSSR count). The molecule has 0 aliphatic rings. The maximum Gasteiger partial charge on any atom is 0.221 e. The molecule has 1 aromatic heterocycles. The average molecular weight is 469 g/mol. The van der Waals surface area contributed by atoms with Crippen molar-refractivity contribution in [1.82, 2.24) is 4.57 Å². The second kappa shape index (κ2) is 9.33. The number of thiocarbonyl (C=S) groups is 1. The van der Waals surface area contributed by atoms with Gasteiger partial charge in [0.15, 0.2) is 5.69 Å². The molecular formula is C23H18ClFN4O2S. The van der Waals surface area contributed by atoms with Crippen LogP contribution < -0.4 is 10.1 Å². The molecule has 0 fully saturated rings. The van der Waals surface area contributed by atoms with Gasteiger partial charge in [0.1, 0.15) is 11.6 Å². The third-order valence-corrected chi connectivity index (χ3v) is 5.42. The van der Waals surface area contributed by atoms with Gasteiger partial charge in [-0.25, -0.2) is 4.39 Å². The summed E-state index contributed by atoms with van der Waals surface area (Å²) in [5.41, 5.74) is 1.88. The number of aromatic nitrogens is 1. The minimum Gasteiger partial charge on any atom is -0.497 e. The molecule has 3 aromatic carbocycles. The number of methoxy groups -OCH3 is 1. The number of rotatable bonds is 5. The van der Waals surface area contributed by atoms with Crippen molar-refractivity contribution in [3.05, 3.63) is 83.1 Å². The molecule has 0 aliphatic heterocycles. The van der Waals surface area contributed by atoms with Gasteiger partial charge in [-0.3, -0.25) is 0 Å². The summed E-state index contributed by atoms with van der Waals surface area (Å²) in [5.74, 6) is 0.0972. The number of aromatic hydroxyl groups is 1. The Balaban J connectivity index is 1.64. The molecule has 0 saturated heterocycles. The predicted molar refractivity (Wildman–Crippen MR) is 128 cm³/mol. The van der Waals surface area contributed by atoms with E-state index in [9.17, 15) is 9.50 Å². The first-order valence-electron chi connectivity index (χ1n) is 9.58. The number of hydrogen-bond donors (Lipinski definition) is 2.